The van der Waals surface area contributed by atoms with Crippen molar-refractivity contribution >= 4 is 17.6 Å². The van der Waals surface area contributed by atoms with Crippen LogP contribution in [0.4, 0.5) is 10.5 Å². The summed E-state index contributed by atoms with van der Waals surface area (Å²) < 4.78 is 0. The zero-order valence-electron chi connectivity index (χ0n) is 13.9. The van der Waals surface area contributed by atoms with E-state index in [-0.39, 0.29) is 11.9 Å². The predicted octanol–water partition coefficient (Wildman–Crippen LogP) is 2.02. The largest absolute Gasteiger partial charge is 0.326 e. The number of nitrogens with zero attached hydrogens (tertiary/aromatic N) is 3. The van der Waals surface area contributed by atoms with Gasteiger partial charge < -0.3 is 15.1 Å². The van der Waals surface area contributed by atoms with Gasteiger partial charge in [0.25, 0.3) is 0 Å². The average Bonchev–Trinajstić information content (AvgIpc) is 3.19. The summed E-state index contributed by atoms with van der Waals surface area (Å²) in [5.74, 6) is 1.32. The van der Waals surface area contributed by atoms with Gasteiger partial charge >= 0.3 is 6.03 Å². The lowest BCUT2D eigenvalue weighted by atomic mass is 10.0. The van der Waals surface area contributed by atoms with Crippen molar-refractivity contribution in [2.45, 2.75) is 38.1 Å². The molecule has 1 aromatic rings. The molecular formula is C18H24N4O2. The minimum Gasteiger partial charge on any atom is -0.326 e. The third-order valence-electron chi connectivity index (χ3n) is 5.71. The molecule has 24 heavy (non-hydrogen) atoms. The van der Waals surface area contributed by atoms with E-state index in [4.69, 9.17) is 0 Å². The first-order valence-electron chi connectivity index (χ1n) is 8.99. The molecule has 2 aliphatic heterocycles. The predicted molar refractivity (Wildman–Crippen MR) is 90.5 cm³/mol. The summed E-state index contributed by atoms with van der Waals surface area (Å²) in [4.78, 5) is 33.0. The van der Waals surface area contributed by atoms with E-state index in [0.29, 0.717) is 24.8 Å². The van der Waals surface area contributed by atoms with Crippen LogP contribution in [0.5, 0.6) is 0 Å². The number of rotatable bonds is 2. The average molecular weight is 328 g/mol. The summed E-state index contributed by atoms with van der Waals surface area (Å²) in [6.45, 7) is 2.39. The number of urea groups is 1. The van der Waals surface area contributed by atoms with Gasteiger partial charge in [0.15, 0.2) is 0 Å². The quantitative estimate of drug-likeness (QED) is 0.903. The Bertz CT molecular complexity index is 609. The van der Waals surface area contributed by atoms with E-state index >= 15 is 0 Å². The normalized spacial score (nSPS) is 29.7. The fraction of sp³-hybridized carbons (Fsp3) is 0.611. The van der Waals surface area contributed by atoms with Gasteiger partial charge in [0, 0.05) is 25.8 Å². The summed E-state index contributed by atoms with van der Waals surface area (Å²) in [6.07, 6.45) is 8.77. The van der Waals surface area contributed by atoms with Crippen LogP contribution in [0.3, 0.4) is 0 Å². The van der Waals surface area contributed by atoms with Crippen LogP contribution in [0, 0.1) is 11.8 Å². The Morgan fingerprint density at radius 2 is 1.96 bits per heavy atom. The molecule has 0 unspecified atom stereocenters. The molecule has 1 aliphatic carbocycles. The molecule has 2 saturated heterocycles. The van der Waals surface area contributed by atoms with Crippen LogP contribution in [0.25, 0.3) is 0 Å². The van der Waals surface area contributed by atoms with Crippen LogP contribution in [0.1, 0.15) is 32.1 Å². The molecule has 0 spiro atoms. The maximum atomic E-state index is 12.7. The summed E-state index contributed by atoms with van der Waals surface area (Å²) >= 11 is 0. The number of pyridine rings is 1. The van der Waals surface area contributed by atoms with Crippen molar-refractivity contribution < 1.29 is 9.59 Å². The minimum absolute atomic E-state index is 0.0259. The molecule has 3 heterocycles. The molecular weight excluding hydrogens is 304 g/mol. The van der Waals surface area contributed by atoms with Crippen molar-refractivity contribution in [2.75, 3.05) is 24.5 Å². The second-order valence-electron chi connectivity index (χ2n) is 7.20. The standard InChI is InChI=1S/C18H24N4O2/c23-17-16(7-3-9-22(17)15-6-2-8-19-10-15)20-18(24)21-11-13-4-1-5-14(13)12-21/h2,6,8,10,13-14,16H,1,3-5,7,9,11-12H2,(H,20,24)/t13-,14-,16+/m0/s1. The van der Waals surface area contributed by atoms with Crippen molar-refractivity contribution in [3.63, 3.8) is 0 Å². The molecule has 1 aromatic heterocycles. The highest BCUT2D eigenvalue weighted by Crippen LogP contribution is 2.37. The van der Waals surface area contributed by atoms with Crippen molar-refractivity contribution in [1.82, 2.24) is 15.2 Å². The lowest BCUT2D eigenvalue weighted by molar-refractivity contribution is -0.121. The van der Waals surface area contributed by atoms with E-state index in [9.17, 15) is 9.59 Å². The molecule has 4 rings (SSSR count). The van der Waals surface area contributed by atoms with E-state index in [0.717, 1.165) is 25.2 Å². The van der Waals surface area contributed by atoms with Gasteiger partial charge in [-0.2, -0.15) is 0 Å². The molecule has 0 bridgehead atoms. The van der Waals surface area contributed by atoms with E-state index < -0.39 is 6.04 Å². The maximum absolute atomic E-state index is 12.7. The second-order valence-corrected chi connectivity index (χ2v) is 7.20. The highest BCUT2D eigenvalue weighted by molar-refractivity contribution is 5.99. The van der Waals surface area contributed by atoms with Gasteiger partial charge in [0.05, 0.1) is 11.9 Å². The molecule has 0 radical (unpaired) electrons. The number of piperidine rings is 1. The highest BCUT2D eigenvalue weighted by Gasteiger charge is 2.39. The van der Waals surface area contributed by atoms with Crippen LogP contribution in [-0.2, 0) is 4.79 Å². The van der Waals surface area contributed by atoms with Crippen molar-refractivity contribution in [3.8, 4) is 0 Å². The lowest BCUT2D eigenvalue weighted by Crippen LogP contribution is -2.55. The Hall–Kier alpha value is -2.11. The van der Waals surface area contributed by atoms with Crippen molar-refractivity contribution in [3.05, 3.63) is 24.5 Å². The van der Waals surface area contributed by atoms with E-state index in [1.165, 1.54) is 19.3 Å². The molecule has 128 valence electrons. The first kappa shape index (κ1) is 15.4. The molecule has 3 aliphatic rings. The number of fused-ring (bicyclic) bond motifs is 1. The van der Waals surface area contributed by atoms with Crippen LogP contribution >= 0.6 is 0 Å². The van der Waals surface area contributed by atoms with Gasteiger partial charge in [-0.3, -0.25) is 9.78 Å². The molecule has 3 amide bonds. The van der Waals surface area contributed by atoms with E-state index in [1.807, 2.05) is 17.0 Å². The summed E-state index contributed by atoms with van der Waals surface area (Å²) in [6, 6.07) is 3.22. The fourth-order valence-corrected chi connectivity index (χ4v) is 4.42. The van der Waals surface area contributed by atoms with Gasteiger partial charge in [-0.05, 0) is 49.7 Å². The van der Waals surface area contributed by atoms with Gasteiger partial charge in [0.1, 0.15) is 6.04 Å². The van der Waals surface area contributed by atoms with Crippen LogP contribution in [0.15, 0.2) is 24.5 Å². The highest BCUT2D eigenvalue weighted by atomic mass is 16.2. The number of carbonyl (C=O) groups excluding carboxylic acids is 2. The summed E-state index contributed by atoms with van der Waals surface area (Å²) in [7, 11) is 0. The van der Waals surface area contributed by atoms with Crippen molar-refractivity contribution in [2.24, 2.45) is 11.8 Å². The number of hydrogen-bond acceptors (Lipinski definition) is 3. The van der Waals surface area contributed by atoms with Crippen LogP contribution < -0.4 is 10.2 Å². The molecule has 6 nitrogen and oxygen atoms in total. The Morgan fingerprint density at radius 3 is 2.67 bits per heavy atom. The van der Waals surface area contributed by atoms with Gasteiger partial charge in [-0.15, -0.1) is 0 Å². The number of amides is 3. The number of nitrogens with one attached hydrogen (secondary N) is 1. The zero-order chi connectivity index (χ0) is 16.5. The topological polar surface area (TPSA) is 65.5 Å². The SMILES string of the molecule is O=C(N[C@@H]1CCCN(c2cccnc2)C1=O)N1C[C@@H]2CCC[C@H]2C1. The smallest absolute Gasteiger partial charge is 0.318 e. The molecule has 1 saturated carbocycles. The summed E-state index contributed by atoms with van der Waals surface area (Å²) in [5, 5.41) is 2.97. The van der Waals surface area contributed by atoms with Gasteiger partial charge in [0.2, 0.25) is 5.91 Å². The number of hydrogen-bond donors (Lipinski definition) is 1. The Morgan fingerprint density at radius 1 is 1.17 bits per heavy atom. The minimum atomic E-state index is -0.424. The van der Waals surface area contributed by atoms with E-state index in [1.54, 1.807) is 17.3 Å². The Labute approximate surface area is 142 Å². The monoisotopic (exact) mass is 328 g/mol. The summed E-state index contributed by atoms with van der Waals surface area (Å²) in [5.41, 5.74) is 0.803. The third kappa shape index (κ3) is 2.85. The fourth-order valence-electron chi connectivity index (χ4n) is 4.42. The molecule has 3 fully saturated rings. The van der Waals surface area contributed by atoms with Gasteiger partial charge in [-0.1, -0.05) is 6.42 Å². The number of aromatic nitrogens is 1. The third-order valence-corrected chi connectivity index (χ3v) is 5.71. The molecule has 1 N–H and O–H groups in total. The molecule has 6 heteroatoms. The van der Waals surface area contributed by atoms with Crippen LogP contribution in [-0.4, -0.2) is 47.5 Å². The van der Waals surface area contributed by atoms with Crippen LogP contribution in [0.2, 0.25) is 0 Å². The maximum Gasteiger partial charge on any atom is 0.318 e. The van der Waals surface area contributed by atoms with E-state index in [2.05, 4.69) is 10.3 Å². The zero-order valence-corrected chi connectivity index (χ0v) is 13.9. The molecule has 0 aromatic carbocycles. The number of carbonyl (C=O) groups is 2. The first-order chi connectivity index (χ1) is 11.7. The Balaban J connectivity index is 1.39. The lowest BCUT2D eigenvalue weighted by Gasteiger charge is -2.33. The van der Waals surface area contributed by atoms with Crippen molar-refractivity contribution in [1.29, 1.82) is 0 Å². The van der Waals surface area contributed by atoms with Gasteiger partial charge in [-0.25, -0.2) is 4.79 Å². The number of anilines is 1. The number of likely N-dealkylation sites (tertiary alicyclic amines) is 1. The Kier molecular flexibility index (Phi) is 4.12. The second kappa shape index (κ2) is 6.42. The first-order valence-corrected chi connectivity index (χ1v) is 8.99. The molecule has 3 atom stereocenters.